The van der Waals surface area contributed by atoms with Gasteiger partial charge in [0.05, 0.1) is 21.3 Å². The van der Waals surface area contributed by atoms with Crippen molar-refractivity contribution in [3.05, 3.63) is 46.4 Å². The van der Waals surface area contributed by atoms with E-state index in [1.807, 2.05) is 37.3 Å². The van der Waals surface area contributed by atoms with Crippen molar-refractivity contribution in [2.45, 2.75) is 37.6 Å². The molecule has 3 heterocycles. The van der Waals surface area contributed by atoms with Crippen molar-refractivity contribution in [3.63, 3.8) is 0 Å². The topological polar surface area (TPSA) is 81.0 Å². The summed E-state index contributed by atoms with van der Waals surface area (Å²) in [5.41, 5.74) is 3.23. The van der Waals surface area contributed by atoms with E-state index in [0.717, 1.165) is 52.2 Å². The predicted octanol–water partition coefficient (Wildman–Crippen LogP) is 4.71. The summed E-state index contributed by atoms with van der Waals surface area (Å²) in [7, 11) is 0. The number of hydrogen-bond acceptors (Lipinski definition) is 7. The molecule has 5 rings (SSSR count). The number of nitrogens with zero attached hydrogens (tertiary/aromatic N) is 3. The Balaban J connectivity index is 1.18. The lowest BCUT2D eigenvalue weighted by molar-refractivity contribution is -0.138. The number of allylic oxidation sites excluding steroid dienone is 1. The zero-order valence-corrected chi connectivity index (χ0v) is 18.7. The van der Waals surface area contributed by atoms with Crippen molar-refractivity contribution in [3.8, 4) is 0 Å². The van der Waals surface area contributed by atoms with Crippen LogP contribution < -0.4 is 0 Å². The number of pyridine rings is 1. The van der Waals surface area contributed by atoms with Gasteiger partial charge >= 0.3 is 5.97 Å². The zero-order chi connectivity index (χ0) is 21.4. The van der Waals surface area contributed by atoms with Gasteiger partial charge in [-0.05, 0) is 60.8 Å². The van der Waals surface area contributed by atoms with Gasteiger partial charge in [-0.15, -0.1) is 0 Å². The molecule has 158 valence electrons. The summed E-state index contributed by atoms with van der Waals surface area (Å²) in [6, 6.07) is 9.91. The van der Waals surface area contributed by atoms with Crippen LogP contribution in [0.1, 0.15) is 31.2 Å². The highest BCUT2D eigenvalue weighted by Gasteiger charge is 2.40. The number of carbonyl (C=O) groups is 2. The highest BCUT2D eigenvalue weighted by atomic mass is 32.2. The van der Waals surface area contributed by atoms with Gasteiger partial charge in [-0.2, -0.15) is 4.99 Å². The summed E-state index contributed by atoms with van der Waals surface area (Å²) in [5, 5.41) is 2.68. The smallest absolute Gasteiger partial charge is 0.316 e. The maximum Gasteiger partial charge on any atom is 0.316 e. The molecule has 0 N–H and O–H groups in total. The van der Waals surface area contributed by atoms with Crippen LogP contribution in [0.5, 0.6) is 0 Å². The summed E-state index contributed by atoms with van der Waals surface area (Å²) < 4.78 is 5.34. The lowest BCUT2D eigenvalue weighted by Gasteiger charge is -2.18. The number of rotatable bonds is 5. The minimum Gasteiger partial charge on any atom is -0.457 e. The van der Waals surface area contributed by atoms with Crippen molar-refractivity contribution < 1.29 is 14.3 Å². The first-order chi connectivity index (χ1) is 15.1. The number of fused-ring (bicyclic) bond motifs is 3. The lowest BCUT2D eigenvalue weighted by atomic mass is 9.89. The van der Waals surface area contributed by atoms with Crippen LogP contribution in [0.25, 0.3) is 10.9 Å². The highest BCUT2D eigenvalue weighted by Crippen LogP contribution is 2.47. The molecule has 0 saturated heterocycles. The summed E-state index contributed by atoms with van der Waals surface area (Å²) >= 11 is 2.94. The third-order valence-corrected chi connectivity index (χ3v) is 7.74. The molecule has 2 aliphatic heterocycles. The Kier molecular flexibility index (Phi) is 5.67. The molecule has 1 amide bonds. The fourth-order valence-corrected chi connectivity index (χ4v) is 6.25. The van der Waals surface area contributed by atoms with E-state index in [2.05, 4.69) is 15.0 Å². The van der Waals surface area contributed by atoms with E-state index < -0.39 is 0 Å². The van der Waals surface area contributed by atoms with Gasteiger partial charge in [0.2, 0.25) is 0 Å². The molecule has 1 unspecified atom stereocenters. The summed E-state index contributed by atoms with van der Waals surface area (Å²) in [6.07, 6.45) is 4.26. The fourth-order valence-electron chi connectivity index (χ4n) is 4.12. The van der Waals surface area contributed by atoms with Crippen LogP contribution in [0.2, 0.25) is 0 Å². The molecule has 0 bridgehead atoms. The van der Waals surface area contributed by atoms with Crippen molar-refractivity contribution >= 4 is 57.2 Å². The van der Waals surface area contributed by atoms with Gasteiger partial charge in [-0.3, -0.25) is 9.59 Å². The molecule has 1 aromatic heterocycles. The van der Waals surface area contributed by atoms with Gasteiger partial charge in [0.25, 0.3) is 5.91 Å². The van der Waals surface area contributed by atoms with Crippen LogP contribution in [0, 0.1) is 12.8 Å². The predicted molar refractivity (Wildman–Crippen MR) is 125 cm³/mol. The normalized spacial score (nSPS) is 20.3. The Labute approximate surface area is 188 Å². The number of hydrogen-bond donors (Lipinski definition) is 0. The highest BCUT2D eigenvalue weighted by molar-refractivity contribution is 8.17. The average molecular weight is 452 g/mol. The molecule has 0 spiro atoms. The first kappa shape index (κ1) is 20.5. The lowest BCUT2D eigenvalue weighted by Crippen LogP contribution is -2.28. The summed E-state index contributed by atoms with van der Waals surface area (Å²) in [4.78, 5) is 39.3. The van der Waals surface area contributed by atoms with Gasteiger partial charge in [0.1, 0.15) is 5.92 Å². The van der Waals surface area contributed by atoms with E-state index in [4.69, 9.17) is 4.74 Å². The number of aliphatic imine (C=N–C) groups is 2. The molecule has 1 aliphatic carbocycles. The molecule has 1 atom stereocenters. The number of amidine groups is 1. The minimum atomic E-state index is -0.383. The molecule has 31 heavy (non-hydrogen) atoms. The van der Waals surface area contributed by atoms with Crippen LogP contribution in [0.3, 0.4) is 0 Å². The van der Waals surface area contributed by atoms with Crippen LogP contribution in [-0.4, -0.2) is 40.1 Å². The largest absolute Gasteiger partial charge is 0.457 e. The van der Waals surface area contributed by atoms with E-state index in [1.54, 1.807) is 11.8 Å². The maximum absolute atomic E-state index is 12.6. The first-order valence-electron chi connectivity index (χ1n) is 10.3. The van der Waals surface area contributed by atoms with Crippen LogP contribution in [0.15, 0.2) is 55.8 Å². The van der Waals surface area contributed by atoms with Gasteiger partial charge in [-0.1, -0.05) is 41.7 Å². The second-order valence-corrected chi connectivity index (χ2v) is 9.86. The summed E-state index contributed by atoms with van der Waals surface area (Å²) in [6.45, 7) is 1.95. The quantitative estimate of drug-likeness (QED) is 0.484. The number of amides is 1. The number of thioether (sulfide) groups is 2. The van der Waals surface area contributed by atoms with E-state index in [0.29, 0.717) is 0 Å². The number of carbonyl (C=O) groups excluding carboxylic acids is 2. The third-order valence-electron chi connectivity index (χ3n) is 5.61. The van der Waals surface area contributed by atoms with Gasteiger partial charge in [0, 0.05) is 5.39 Å². The third kappa shape index (κ3) is 4.19. The Morgan fingerprint density at radius 2 is 2.06 bits per heavy atom. The van der Waals surface area contributed by atoms with E-state index in [1.165, 1.54) is 22.2 Å². The number of aromatic nitrogens is 1. The van der Waals surface area contributed by atoms with Crippen LogP contribution >= 0.6 is 23.5 Å². The standard InChI is InChI=1S/C23H21N3O3S2/c1-13-10-19(24-16-8-4-2-6-14(13)16)30-12-20(27)29-11-18-25-22(28)21-15-7-3-5-9-17(15)31-23(21)26-18/h2,4,6,8,10,21H,3,5,7,9,11-12H2,1H3. The monoisotopic (exact) mass is 451 g/mol. The second-order valence-electron chi connectivity index (χ2n) is 7.75. The molecule has 0 fully saturated rings. The number of ether oxygens (including phenoxy) is 1. The van der Waals surface area contributed by atoms with Crippen LogP contribution in [0.4, 0.5) is 0 Å². The number of aryl methyl sites for hydroxylation is 1. The Morgan fingerprint density at radius 3 is 2.97 bits per heavy atom. The van der Waals surface area contributed by atoms with Crippen molar-refractivity contribution in [1.82, 2.24) is 4.98 Å². The second kappa shape index (κ2) is 8.59. The molecular formula is C23H21N3O3S2. The molecule has 2 aromatic rings. The van der Waals surface area contributed by atoms with Gasteiger partial charge < -0.3 is 4.74 Å². The van der Waals surface area contributed by atoms with Crippen molar-refractivity contribution in [2.75, 3.05) is 12.4 Å². The SMILES string of the molecule is Cc1cc(SCC(=O)OCC2=NC(=O)C3C(=N2)SC2=C3CCCC2)nc2ccccc12. The molecule has 3 aliphatic rings. The average Bonchev–Trinajstić information content (AvgIpc) is 3.15. The molecule has 1 aromatic carbocycles. The Morgan fingerprint density at radius 1 is 1.23 bits per heavy atom. The fraction of sp³-hybridized carbons (Fsp3) is 0.348. The molecular weight excluding hydrogens is 430 g/mol. The number of para-hydroxylation sites is 1. The van der Waals surface area contributed by atoms with Crippen molar-refractivity contribution in [1.29, 1.82) is 0 Å². The molecule has 8 heteroatoms. The van der Waals surface area contributed by atoms with Crippen LogP contribution in [-0.2, 0) is 14.3 Å². The maximum atomic E-state index is 12.6. The Hall–Kier alpha value is -2.45. The van der Waals surface area contributed by atoms with E-state index >= 15 is 0 Å². The minimum absolute atomic E-state index is 0.0866. The molecule has 0 radical (unpaired) electrons. The van der Waals surface area contributed by atoms with E-state index in [-0.39, 0.29) is 36.0 Å². The molecule has 0 saturated carbocycles. The van der Waals surface area contributed by atoms with E-state index in [9.17, 15) is 9.59 Å². The van der Waals surface area contributed by atoms with Gasteiger partial charge in [-0.25, -0.2) is 9.98 Å². The first-order valence-corrected chi connectivity index (χ1v) is 12.1. The summed E-state index contributed by atoms with van der Waals surface area (Å²) in [5.74, 6) is -0.443. The molecule has 6 nitrogen and oxygen atoms in total. The van der Waals surface area contributed by atoms with Gasteiger partial charge in [0.15, 0.2) is 12.4 Å². The number of esters is 1. The zero-order valence-electron chi connectivity index (χ0n) is 17.1. The number of benzene rings is 1. The Bertz CT molecular complexity index is 1190. The van der Waals surface area contributed by atoms with Crippen molar-refractivity contribution in [2.24, 2.45) is 15.9 Å².